The molecule has 2 aromatic heterocycles. The minimum absolute atomic E-state index is 0.0274. The molecule has 0 aliphatic carbocycles. The smallest absolute Gasteiger partial charge is 0.269 e. The molecule has 2 heterocycles. The summed E-state index contributed by atoms with van der Waals surface area (Å²) in [6.45, 7) is 1.77. The lowest BCUT2D eigenvalue weighted by atomic mass is 10.2. The molecule has 0 atom stereocenters. The molecule has 0 fully saturated rings. The first-order valence-electron chi connectivity index (χ1n) is 7.19. The quantitative estimate of drug-likeness (QED) is 0.438. The molecule has 0 bridgehead atoms. The number of hydrogen-bond donors (Lipinski definition) is 1. The van der Waals surface area contributed by atoms with Gasteiger partial charge in [-0.15, -0.1) is 0 Å². The fraction of sp³-hybridized carbons (Fsp3) is 0.0625. The number of nitrogens with one attached hydrogen (secondary N) is 1. The van der Waals surface area contributed by atoms with Gasteiger partial charge < -0.3 is 5.32 Å². The number of benzene rings is 1. The average molecular weight is 358 g/mol. The lowest BCUT2D eigenvalue weighted by Gasteiger charge is -2.09. The van der Waals surface area contributed by atoms with Gasteiger partial charge in [0, 0.05) is 24.4 Å². The number of anilines is 1. The first kappa shape index (κ1) is 16.6. The summed E-state index contributed by atoms with van der Waals surface area (Å²) < 4.78 is 1.49. The average Bonchev–Trinajstić information content (AvgIpc) is 2.95. The van der Waals surface area contributed by atoms with Crippen molar-refractivity contribution in [3.63, 3.8) is 0 Å². The summed E-state index contributed by atoms with van der Waals surface area (Å²) in [5, 5.41) is 17.9. The van der Waals surface area contributed by atoms with Crippen LogP contribution in [0.3, 0.4) is 0 Å². The Kier molecular flexibility index (Phi) is 4.44. The maximum Gasteiger partial charge on any atom is 0.269 e. The number of amides is 1. The number of halogens is 1. The molecule has 3 aromatic rings. The summed E-state index contributed by atoms with van der Waals surface area (Å²) in [6, 6.07) is 10.7. The second-order valence-corrected chi connectivity index (χ2v) is 5.51. The highest BCUT2D eigenvalue weighted by Gasteiger charge is 2.15. The van der Waals surface area contributed by atoms with Crippen molar-refractivity contribution in [2.75, 3.05) is 5.32 Å². The number of hydrogen-bond acceptors (Lipinski definition) is 5. The molecule has 8 nitrogen and oxygen atoms in total. The van der Waals surface area contributed by atoms with Crippen LogP contribution in [0.15, 0.2) is 48.7 Å². The molecule has 126 valence electrons. The fourth-order valence-electron chi connectivity index (χ4n) is 2.24. The lowest BCUT2D eigenvalue weighted by Crippen LogP contribution is -2.16. The van der Waals surface area contributed by atoms with Crippen LogP contribution in [0.5, 0.6) is 0 Å². The van der Waals surface area contributed by atoms with Crippen molar-refractivity contribution in [2.45, 2.75) is 6.92 Å². The van der Waals surface area contributed by atoms with Crippen LogP contribution >= 0.6 is 11.6 Å². The molecule has 0 aliphatic rings. The topological polar surface area (TPSA) is 103 Å². The van der Waals surface area contributed by atoms with Gasteiger partial charge >= 0.3 is 0 Å². The van der Waals surface area contributed by atoms with Crippen LogP contribution in [0.4, 0.5) is 11.5 Å². The number of rotatable bonds is 4. The molecule has 25 heavy (non-hydrogen) atoms. The van der Waals surface area contributed by atoms with Crippen molar-refractivity contribution < 1.29 is 9.72 Å². The van der Waals surface area contributed by atoms with Gasteiger partial charge in [-0.1, -0.05) is 11.6 Å². The van der Waals surface area contributed by atoms with E-state index in [1.807, 2.05) is 0 Å². The van der Waals surface area contributed by atoms with Gasteiger partial charge in [0.1, 0.15) is 11.0 Å². The molecule has 0 saturated heterocycles. The summed E-state index contributed by atoms with van der Waals surface area (Å²) in [6.07, 6.45) is 1.49. The highest BCUT2D eigenvalue weighted by atomic mass is 35.5. The SMILES string of the molecule is Cc1cc(NC(=O)c2cccnc2Cl)n(-c2ccc([N+](=O)[O-])cc2)n1. The first-order chi connectivity index (χ1) is 12.0. The van der Waals surface area contributed by atoms with E-state index in [0.717, 1.165) is 0 Å². The first-order valence-corrected chi connectivity index (χ1v) is 7.57. The number of carbonyl (C=O) groups is 1. The molecule has 0 saturated carbocycles. The van der Waals surface area contributed by atoms with E-state index in [4.69, 9.17) is 11.6 Å². The van der Waals surface area contributed by atoms with Crippen molar-refractivity contribution in [1.29, 1.82) is 0 Å². The zero-order valence-corrected chi connectivity index (χ0v) is 13.8. The van der Waals surface area contributed by atoms with Gasteiger partial charge in [0.25, 0.3) is 11.6 Å². The van der Waals surface area contributed by atoms with Gasteiger partial charge in [0.2, 0.25) is 0 Å². The van der Waals surface area contributed by atoms with Gasteiger partial charge in [0.05, 0.1) is 21.9 Å². The van der Waals surface area contributed by atoms with E-state index < -0.39 is 10.8 Å². The Hall–Kier alpha value is -3.26. The predicted octanol–water partition coefficient (Wildman–Crippen LogP) is 3.39. The number of nitrogens with zero attached hydrogens (tertiary/aromatic N) is 4. The lowest BCUT2D eigenvalue weighted by molar-refractivity contribution is -0.384. The highest BCUT2D eigenvalue weighted by Crippen LogP contribution is 2.21. The van der Waals surface area contributed by atoms with Gasteiger partial charge in [-0.3, -0.25) is 14.9 Å². The van der Waals surface area contributed by atoms with Crippen LogP contribution in [0.2, 0.25) is 5.15 Å². The minimum Gasteiger partial charge on any atom is -0.306 e. The van der Waals surface area contributed by atoms with E-state index in [9.17, 15) is 14.9 Å². The number of pyridine rings is 1. The molecule has 3 rings (SSSR count). The zero-order valence-electron chi connectivity index (χ0n) is 13.0. The van der Waals surface area contributed by atoms with E-state index in [0.29, 0.717) is 17.2 Å². The standard InChI is InChI=1S/C16H12ClN5O3/c1-10-9-14(19-16(23)13-3-2-8-18-15(13)17)21(20-10)11-4-6-12(7-5-11)22(24)25/h2-9H,1H3,(H,19,23). The number of nitro benzene ring substituents is 1. The molecule has 0 spiro atoms. The predicted molar refractivity (Wildman–Crippen MR) is 92.2 cm³/mol. The molecule has 0 radical (unpaired) electrons. The molecule has 1 N–H and O–H groups in total. The second-order valence-electron chi connectivity index (χ2n) is 5.15. The van der Waals surface area contributed by atoms with Crippen LogP contribution in [-0.2, 0) is 0 Å². The Morgan fingerprint density at radius 1 is 1.28 bits per heavy atom. The van der Waals surface area contributed by atoms with Crippen molar-refractivity contribution in [2.24, 2.45) is 0 Å². The minimum atomic E-state index is -0.481. The van der Waals surface area contributed by atoms with Crippen molar-refractivity contribution in [3.05, 3.63) is 75.2 Å². The Balaban J connectivity index is 1.92. The summed E-state index contributed by atoms with van der Waals surface area (Å²) in [5.41, 5.74) is 1.45. The molecule has 0 unspecified atom stereocenters. The third-order valence-corrected chi connectivity index (χ3v) is 3.68. The Bertz CT molecular complexity index is 953. The largest absolute Gasteiger partial charge is 0.306 e. The fourth-order valence-corrected chi connectivity index (χ4v) is 2.45. The Morgan fingerprint density at radius 3 is 2.64 bits per heavy atom. The molecule has 1 amide bonds. The van der Waals surface area contributed by atoms with Crippen molar-refractivity contribution in [3.8, 4) is 5.69 Å². The maximum absolute atomic E-state index is 12.4. The number of nitro groups is 1. The molecule has 1 aromatic carbocycles. The molecular weight excluding hydrogens is 346 g/mol. The van der Waals surface area contributed by atoms with E-state index >= 15 is 0 Å². The van der Waals surface area contributed by atoms with Crippen LogP contribution < -0.4 is 5.32 Å². The van der Waals surface area contributed by atoms with Crippen LogP contribution in [0, 0.1) is 17.0 Å². The van der Waals surface area contributed by atoms with Crippen LogP contribution in [0.1, 0.15) is 16.1 Å². The summed E-state index contributed by atoms with van der Waals surface area (Å²) in [4.78, 5) is 26.6. The third kappa shape index (κ3) is 3.48. The highest BCUT2D eigenvalue weighted by molar-refractivity contribution is 6.33. The van der Waals surface area contributed by atoms with Gasteiger partial charge in [-0.05, 0) is 31.2 Å². The van der Waals surface area contributed by atoms with Gasteiger partial charge in [0.15, 0.2) is 0 Å². The monoisotopic (exact) mass is 357 g/mol. The normalized spacial score (nSPS) is 10.5. The zero-order chi connectivity index (χ0) is 18.0. The van der Waals surface area contributed by atoms with Crippen molar-refractivity contribution >= 4 is 29.0 Å². The maximum atomic E-state index is 12.4. The van der Waals surface area contributed by atoms with Crippen molar-refractivity contribution in [1.82, 2.24) is 14.8 Å². The van der Waals surface area contributed by atoms with E-state index in [-0.39, 0.29) is 16.4 Å². The molecular formula is C16H12ClN5O3. The number of aromatic nitrogens is 3. The molecule has 9 heteroatoms. The second kappa shape index (κ2) is 6.70. The van der Waals surface area contributed by atoms with E-state index in [1.54, 1.807) is 37.3 Å². The number of non-ortho nitro benzene ring substituents is 1. The van der Waals surface area contributed by atoms with Crippen LogP contribution in [0.25, 0.3) is 5.69 Å². The van der Waals surface area contributed by atoms with Gasteiger partial charge in [-0.2, -0.15) is 5.10 Å². The van der Waals surface area contributed by atoms with Crippen LogP contribution in [-0.4, -0.2) is 25.6 Å². The van der Waals surface area contributed by atoms with E-state index in [2.05, 4.69) is 15.4 Å². The number of carbonyl (C=O) groups excluding carboxylic acids is 1. The Labute approximate surface area is 147 Å². The number of aryl methyl sites for hydroxylation is 1. The summed E-state index contributed by atoms with van der Waals surface area (Å²) in [5.74, 6) is -0.0163. The summed E-state index contributed by atoms with van der Waals surface area (Å²) in [7, 11) is 0. The molecule has 0 aliphatic heterocycles. The Morgan fingerprint density at radius 2 is 2.00 bits per heavy atom. The summed E-state index contributed by atoms with van der Waals surface area (Å²) >= 11 is 5.94. The van der Waals surface area contributed by atoms with Gasteiger partial charge in [-0.25, -0.2) is 9.67 Å². The third-order valence-electron chi connectivity index (χ3n) is 3.38. The van der Waals surface area contributed by atoms with E-state index in [1.165, 1.54) is 23.0 Å².